The Morgan fingerprint density at radius 1 is 1.07 bits per heavy atom. The van der Waals surface area contributed by atoms with Crippen LogP contribution in [0.4, 0.5) is 21.9 Å². The first-order valence-corrected chi connectivity index (χ1v) is 13.4. The third kappa shape index (κ3) is 4.26. The third-order valence-electron chi connectivity index (χ3n) is 7.76. The fourth-order valence-corrected chi connectivity index (χ4v) is 6.01. The van der Waals surface area contributed by atoms with Crippen molar-refractivity contribution < 1.29 is 19.1 Å². The second kappa shape index (κ2) is 9.80. The summed E-state index contributed by atoms with van der Waals surface area (Å²) in [6.07, 6.45) is 12.2. The molecule has 0 spiro atoms. The van der Waals surface area contributed by atoms with Gasteiger partial charge in [0.15, 0.2) is 5.76 Å². The molecule has 0 aliphatic carbocycles. The maximum absolute atomic E-state index is 13.4. The van der Waals surface area contributed by atoms with Crippen LogP contribution in [-0.2, 0) is 11.8 Å². The van der Waals surface area contributed by atoms with Crippen molar-refractivity contribution in [1.29, 1.82) is 0 Å². The molecule has 3 aliphatic heterocycles. The number of ether oxygens (including phenoxy) is 2. The molecule has 2 N–H and O–H groups in total. The largest absolute Gasteiger partial charge is 0.452 e. The molecular formula is C30H28N6O4. The van der Waals surface area contributed by atoms with Gasteiger partial charge in [-0.1, -0.05) is 0 Å². The van der Waals surface area contributed by atoms with E-state index < -0.39 is 6.03 Å². The number of carbonyl (C=O) groups excluding carboxylic acids is 2. The Kier molecular flexibility index (Phi) is 5.96. The predicted molar refractivity (Wildman–Crippen MR) is 152 cm³/mol. The van der Waals surface area contributed by atoms with E-state index in [1.807, 2.05) is 24.0 Å². The molecule has 7 rings (SSSR count). The fraction of sp³-hybridized carbons (Fsp3) is 0.267. The minimum absolute atomic E-state index is 0.233. The highest BCUT2D eigenvalue weighted by molar-refractivity contribution is 6.16. The number of piperidine rings is 1. The number of rotatable bonds is 4. The molecule has 0 saturated carbocycles. The van der Waals surface area contributed by atoms with Crippen molar-refractivity contribution in [3.8, 4) is 5.75 Å². The van der Waals surface area contributed by atoms with Crippen LogP contribution in [0.25, 0.3) is 17.1 Å². The number of hydrogen-bond acceptors (Lipinski definition) is 7. The maximum atomic E-state index is 13.4. The topological polar surface area (TPSA) is 111 Å². The van der Waals surface area contributed by atoms with Crippen LogP contribution in [0.5, 0.6) is 5.75 Å². The minimum atomic E-state index is -0.432. The smallest absolute Gasteiger partial charge is 0.323 e. The number of aryl methyl sites for hydroxylation is 1. The summed E-state index contributed by atoms with van der Waals surface area (Å²) in [6.45, 7) is 1.44. The quantitative estimate of drug-likeness (QED) is 0.354. The zero-order valence-corrected chi connectivity index (χ0v) is 22.0. The van der Waals surface area contributed by atoms with Crippen molar-refractivity contribution >= 4 is 46.0 Å². The van der Waals surface area contributed by atoms with Crippen LogP contribution in [0, 0.1) is 0 Å². The highest BCUT2D eigenvalue weighted by atomic mass is 16.5. The molecule has 2 unspecified atom stereocenters. The zero-order valence-electron chi connectivity index (χ0n) is 22.0. The average Bonchev–Trinajstić information content (AvgIpc) is 3.44. The Labute approximate surface area is 230 Å². The molecule has 0 radical (unpaired) electrons. The monoisotopic (exact) mass is 536 g/mol. The molecule has 3 aliphatic rings. The van der Waals surface area contributed by atoms with Crippen molar-refractivity contribution in [3.63, 3.8) is 0 Å². The molecule has 4 aromatic rings. The summed E-state index contributed by atoms with van der Waals surface area (Å²) in [7, 11) is 1.96. The number of carbonyl (C=O) groups is 2. The Hall–Kier alpha value is -4.70. The van der Waals surface area contributed by atoms with Crippen LogP contribution in [0.2, 0.25) is 0 Å². The lowest BCUT2D eigenvalue weighted by atomic mass is 9.93. The molecule has 10 heteroatoms. The van der Waals surface area contributed by atoms with E-state index in [1.54, 1.807) is 48.8 Å². The van der Waals surface area contributed by atoms with Crippen molar-refractivity contribution in [3.05, 3.63) is 78.1 Å². The molecule has 40 heavy (non-hydrogen) atoms. The number of benzene rings is 1. The van der Waals surface area contributed by atoms with Crippen LogP contribution in [-0.4, -0.2) is 51.6 Å². The number of pyridine rings is 2. The number of morpholine rings is 1. The van der Waals surface area contributed by atoms with Crippen molar-refractivity contribution in [1.82, 2.24) is 14.5 Å². The van der Waals surface area contributed by atoms with Gasteiger partial charge in [0.05, 0.1) is 48.4 Å². The van der Waals surface area contributed by atoms with Gasteiger partial charge in [0.2, 0.25) is 5.78 Å². The van der Waals surface area contributed by atoms with Gasteiger partial charge in [-0.2, -0.15) is 0 Å². The lowest BCUT2D eigenvalue weighted by Crippen LogP contribution is -2.55. The summed E-state index contributed by atoms with van der Waals surface area (Å²) >= 11 is 0. The van der Waals surface area contributed by atoms with E-state index in [0.717, 1.165) is 48.3 Å². The Morgan fingerprint density at radius 2 is 1.90 bits per heavy atom. The summed E-state index contributed by atoms with van der Waals surface area (Å²) in [4.78, 5) is 37.0. The molecule has 1 aromatic carbocycles. The van der Waals surface area contributed by atoms with Gasteiger partial charge in [0.25, 0.3) is 0 Å². The number of anilines is 3. The first-order chi connectivity index (χ1) is 19.5. The number of ketones is 1. The number of fused-ring (bicyclic) bond motifs is 4. The summed E-state index contributed by atoms with van der Waals surface area (Å²) in [5.41, 5.74) is 4.28. The van der Waals surface area contributed by atoms with Gasteiger partial charge in [-0.25, -0.2) is 9.78 Å². The molecule has 10 nitrogen and oxygen atoms in total. The number of aromatic nitrogens is 3. The van der Waals surface area contributed by atoms with Crippen LogP contribution in [0.15, 0.2) is 66.9 Å². The van der Waals surface area contributed by atoms with Crippen LogP contribution < -0.4 is 20.3 Å². The molecule has 2 atom stereocenters. The first-order valence-electron chi connectivity index (χ1n) is 13.4. The molecule has 2 saturated heterocycles. The van der Waals surface area contributed by atoms with E-state index in [9.17, 15) is 9.59 Å². The lowest BCUT2D eigenvalue weighted by Gasteiger charge is -2.47. The van der Waals surface area contributed by atoms with Crippen LogP contribution in [0.3, 0.4) is 0 Å². The standard InChI is InChI=1S/C30H28N6O4/c1-35-15-18(27-24(9-11-32-29(27)35)36-21-5-2-6-22(36)17-39-16-21)12-26-28(37)23-13-19(7-8-25(23)40-26)33-30(38)34-20-4-3-10-31-14-20/h3-4,7-15,21-22H,2,5-6,16-17H2,1H3,(H2,33,34,38)/b26-12-. The van der Waals surface area contributed by atoms with E-state index >= 15 is 0 Å². The maximum Gasteiger partial charge on any atom is 0.323 e. The second-order valence-corrected chi connectivity index (χ2v) is 10.4. The Bertz CT molecular complexity index is 1640. The van der Waals surface area contributed by atoms with E-state index in [0.29, 0.717) is 34.8 Å². The van der Waals surface area contributed by atoms with Crippen LogP contribution >= 0.6 is 0 Å². The Balaban J connectivity index is 1.18. The summed E-state index contributed by atoms with van der Waals surface area (Å²) in [5, 5.41) is 6.48. The number of nitrogens with zero attached hydrogens (tertiary/aromatic N) is 4. The number of urea groups is 1. The molecule has 202 valence electrons. The lowest BCUT2D eigenvalue weighted by molar-refractivity contribution is 0.0465. The SMILES string of the molecule is Cn1cc(/C=C2\Oc3ccc(NC(=O)Nc4cccnc4)cc3C2=O)c2c(N3C4CCCC3COC4)ccnc21. The number of allylic oxidation sites excluding steroid dienone is 1. The molecule has 3 aromatic heterocycles. The molecule has 2 fully saturated rings. The molecule has 2 amide bonds. The van der Waals surface area contributed by atoms with Crippen molar-refractivity contribution in [2.45, 2.75) is 31.3 Å². The fourth-order valence-electron chi connectivity index (χ4n) is 6.01. The van der Waals surface area contributed by atoms with E-state index in [1.165, 1.54) is 6.42 Å². The summed E-state index contributed by atoms with van der Waals surface area (Å²) in [5.74, 6) is 0.448. The minimum Gasteiger partial charge on any atom is -0.452 e. The van der Waals surface area contributed by atoms with Gasteiger partial charge in [0, 0.05) is 42.3 Å². The number of Topliss-reactive ketones (excluding diaryl/α,β-unsaturated/α-hetero) is 1. The highest BCUT2D eigenvalue weighted by Crippen LogP contribution is 2.40. The second-order valence-electron chi connectivity index (χ2n) is 10.4. The normalized spacial score (nSPS) is 20.9. The van der Waals surface area contributed by atoms with Gasteiger partial charge in [0.1, 0.15) is 11.4 Å². The Morgan fingerprint density at radius 3 is 2.70 bits per heavy atom. The van der Waals surface area contributed by atoms with Crippen molar-refractivity contribution in [2.75, 3.05) is 28.7 Å². The first kappa shape index (κ1) is 24.3. The van der Waals surface area contributed by atoms with E-state index in [4.69, 9.17) is 9.47 Å². The number of nitrogens with one attached hydrogen (secondary N) is 2. The third-order valence-corrected chi connectivity index (χ3v) is 7.76. The van der Waals surface area contributed by atoms with Crippen LogP contribution in [0.1, 0.15) is 35.2 Å². The van der Waals surface area contributed by atoms with E-state index in [-0.39, 0.29) is 11.5 Å². The van der Waals surface area contributed by atoms with Gasteiger partial charge in [-0.3, -0.25) is 9.78 Å². The molecular weight excluding hydrogens is 508 g/mol. The summed E-state index contributed by atoms with van der Waals surface area (Å²) in [6, 6.07) is 10.8. The average molecular weight is 537 g/mol. The summed E-state index contributed by atoms with van der Waals surface area (Å²) < 4.78 is 13.9. The van der Waals surface area contributed by atoms with Gasteiger partial charge in [-0.15, -0.1) is 0 Å². The predicted octanol–water partition coefficient (Wildman–Crippen LogP) is 4.99. The molecule has 6 heterocycles. The highest BCUT2D eigenvalue weighted by Gasteiger charge is 2.36. The molecule has 2 bridgehead atoms. The van der Waals surface area contributed by atoms with Gasteiger partial charge < -0.3 is 29.6 Å². The van der Waals surface area contributed by atoms with Crippen molar-refractivity contribution in [2.24, 2.45) is 7.05 Å². The number of amides is 2. The van der Waals surface area contributed by atoms with Gasteiger partial charge in [-0.05, 0) is 61.7 Å². The van der Waals surface area contributed by atoms with Gasteiger partial charge >= 0.3 is 6.03 Å². The van der Waals surface area contributed by atoms with E-state index in [2.05, 4.69) is 31.6 Å². The number of hydrogen-bond donors (Lipinski definition) is 2. The zero-order chi connectivity index (χ0) is 27.2.